The second-order valence-electron chi connectivity index (χ2n) is 8.71. The third-order valence-corrected chi connectivity index (χ3v) is 5.63. The molecule has 1 aromatic carbocycles. The number of carbonyl (C=O) groups excluding carboxylic acids is 1. The van der Waals surface area contributed by atoms with Gasteiger partial charge in [0, 0.05) is 63.6 Å². The zero-order chi connectivity index (χ0) is 20.9. The van der Waals surface area contributed by atoms with Crippen LogP contribution in [0.25, 0.3) is 0 Å². The second kappa shape index (κ2) is 9.63. The number of rotatable bonds is 7. The van der Waals surface area contributed by atoms with Crippen LogP contribution in [0.4, 0.5) is 9.52 Å². The van der Waals surface area contributed by atoms with Gasteiger partial charge in [-0.25, -0.2) is 9.37 Å². The summed E-state index contributed by atoms with van der Waals surface area (Å²) in [5.41, 5.74) is 1.03. The summed E-state index contributed by atoms with van der Waals surface area (Å²) in [7, 11) is 0. The first-order valence-electron chi connectivity index (χ1n) is 10.1. The van der Waals surface area contributed by atoms with Crippen LogP contribution in [0.15, 0.2) is 24.3 Å². The van der Waals surface area contributed by atoms with Crippen LogP contribution in [0, 0.1) is 11.2 Å². The van der Waals surface area contributed by atoms with Gasteiger partial charge in [-0.15, -0.1) is 0 Å². The summed E-state index contributed by atoms with van der Waals surface area (Å²) in [5.74, 6) is 0.673. The van der Waals surface area contributed by atoms with E-state index in [0.29, 0.717) is 19.4 Å². The highest BCUT2D eigenvalue weighted by Gasteiger charge is 2.20. The maximum absolute atomic E-state index is 13.0. The van der Waals surface area contributed by atoms with Crippen molar-refractivity contribution in [3.63, 3.8) is 0 Å². The van der Waals surface area contributed by atoms with Gasteiger partial charge in [-0.2, -0.15) is 4.37 Å². The molecule has 158 valence electrons. The average molecular weight is 420 g/mol. The highest BCUT2D eigenvalue weighted by Crippen LogP contribution is 2.21. The van der Waals surface area contributed by atoms with Gasteiger partial charge >= 0.3 is 0 Å². The Hall–Kier alpha value is -2.06. The molecule has 29 heavy (non-hydrogen) atoms. The third-order valence-electron chi connectivity index (χ3n) is 4.82. The number of hydrogen-bond donors (Lipinski definition) is 1. The summed E-state index contributed by atoms with van der Waals surface area (Å²) in [6.45, 7) is 11.5. The molecule has 1 fully saturated rings. The summed E-state index contributed by atoms with van der Waals surface area (Å²) in [4.78, 5) is 21.2. The van der Waals surface area contributed by atoms with Crippen molar-refractivity contribution in [2.75, 3.05) is 44.2 Å². The Kier molecular flexibility index (Phi) is 7.18. The zero-order valence-electron chi connectivity index (χ0n) is 17.4. The van der Waals surface area contributed by atoms with Crippen LogP contribution in [0.3, 0.4) is 0 Å². The maximum atomic E-state index is 13.0. The largest absolute Gasteiger partial charge is 0.355 e. The number of piperazine rings is 1. The smallest absolute Gasteiger partial charge is 0.220 e. The van der Waals surface area contributed by atoms with E-state index in [0.717, 1.165) is 49.2 Å². The number of benzene rings is 1. The minimum atomic E-state index is -0.229. The van der Waals surface area contributed by atoms with Crippen molar-refractivity contribution >= 4 is 22.6 Å². The normalized spacial score (nSPS) is 15.5. The fraction of sp³-hybridized carbons (Fsp3) is 0.571. The Morgan fingerprint density at radius 1 is 1.17 bits per heavy atom. The van der Waals surface area contributed by atoms with Crippen LogP contribution in [-0.2, 0) is 11.2 Å². The molecule has 1 aromatic heterocycles. The fourth-order valence-corrected chi connectivity index (χ4v) is 4.03. The van der Waals surface area contributed by atoms with E-state index in [1.807, 2.05) is 0 Å². The zero-order valence-corrected chi connectivity index (χ0v) is 18.3. The van der Waals surface area contributed by atoms with E-state index in [1.54, 1.807) is 12.1 Å². The molecule has 0 radical (unpaired) electrons. The van der Waals surface area contributed by atoms with Gasteiger partial charge < -0.3 is 10.2 Å². The van der Waals surface area contributed by atoms with Crippen molar-refractivity contribution in [2.24, 2.45) is 5.41 Å². The van der Waals surface area contributed by atoms with Gasteiger partial charge in [0.2, 0.25) is 11.0 Å². The van der Waals surface area contributed by atoms with Crippen molar-refractivity contribution in [3.8, 4) is 0 Å². The number of carbonyl (C=O) groups is 1. The number of halogens is 1. The predicted octanol–water partition coefficient (Wildman–Crippen LogP) is 2.94. The van der Waals surface area contributed by atoms with E-state index in [-0.39, 0.29) is 17.1 Å². The van der Waals surface area contributed by atoms with Crippen molar-refractivity contribution in [1.82, 2.24) is 19.6 Å². The molecule has 3 rings (SSSR count). The van der Waals surface area contributed by atoms with E-state index in [4.69, 9.17) is 0 Å². The summed E-state index contributed by atoms with van der Waals surface area (Å²) in [6.07, 6.45) is 1.17. The molecule has 1 amide bonds. The van der Waals surface area contributed by atoms with Gasteiger partial charge in [-0.05, 0) is 23.1 Å². The molecule has 1 saturated heterocycles. The molecule has 0 unspecified atom stereocenters. The van der Waals surface area contributed by atoms with Crippen LogP contribution in [0.5, 0.6) is 0 Å². The Balaban J connectivity index is 1.40. The van der Waals surface area contributed by atoms with Crippen molar-refractivity contribution < 1.29 is 9.18 Å². The summed E-state index contributed by atoms with van der Waals surface area (Å²) in [6, 6.07) is 6.48. The molecular weight excluding hydrogens is 389 g/mol. The number of hydrogen-bond acceptors (Lipinski definition) is 6. The Morgan fingerprint density at radius 3 is 2.52 bits per heavy atom. The first-order chi connectivity index (χ1) is 13.8. The molecular formula is C21H30FN5OS. The Labute approximate surface area is 176 Å². The predicted molar refractivity (Wildman–Crippen MR) is 115 cm³/mol. The van der Waals surface area contributed by atoms with Crippen LogP contribution >= 0.6 is 11.5 Å². The number of nitrogens with zero attached hydrogens (tertiary/aromatic N) is 4. The molecule has 0 aliphatic carbocycles. The molecule has 0 spiro atoms. The topological polar surface area (TPSA) is 61.4 Å². The van der Waals surface area contributed by atoms with E-state index < -0.39 is 0 Å². The third kappa shape index (κ3) is 7.04. The summed E-state index contributed by atoms with van der Waals surface area (Å²) < 4.78 is 17.5. The summed E-state index contributed by atoms with van der Waals surface area (Å²) >= 11 is 1.42. The number of nitrogens with one attached hydrogen (secondary N) is 1. The number of aromatic nitrogens is 2. The molecule has 0 saturated carbocycles. The molecule has 1 aliphatic rings. The minimum absolute atomic E-state index is 0.0208. The van der Waals surface area contributed by atoms with E-state index in [2.05, 4.69) is 45.2 Å². The maximum Gasteiger partial charge on any atom is 0.220 e. The number of amides is 1. The molecule has 2 heterocycles. The van der Waals surface area contributed by atoms with Crippen molar-refractivity contribution in [3.05, 3.63) is 41.5 Å². The van der Waals surface area contributed by atoms with Crippen LogP contribution in [0.1, 0.15) is 38.6 Å². The SMILES string of the molecule is CC(C)(C)CC(=O)NCCN1CCN(c2nc(Cc3ccc(F)cc3)ns2)CC1. The molecule has 2 aromatic rings. The van der Waals surface area contributed by atoms with Gasteiger partial charge in [0.05, 0.1) is 0 Å². The Bertz CT molecular complexity index is 794. The van der Waals surface area contributed by atoms with E-state index >= 15 is 0 Å². The molecule has 0 bridgehead atoms. The summed E-state index contributed by atoms with van der Waals surface area (Å²) in [5, 5.41) is 3.97. The Morgan fingerprint density at radius 2 is 1.86 bits per heavy atom. The monoisotopic (exact) mass is 419 g/mol. The van der Waals surface area contributed by atoms with E-state index in [1.165, 1.54) is 23.7 Å². The average Bonchev–Trinajstić information content (AvgIpc) is 3.11. The van der Waals surface area contributed by atoms with Crippen LogP contribution in [0.2, 0.25) is 0 Å². The molecule has 6 nitrogen and oxygen atoms in total. The quantitative estimate of drug-likeness (QED) is 0.748. The second-order valence-corrected chi connectivity index (χ2v) is 9.44. The lowest BCUT2D eigenvalue weighted by atomic mass is 9.92. The van der Waals surface area contributed by atoms with Crippen molar-refractivity contribution in [1.29, 1.82) is 0 Å². The first kappa shape index (κ1) is 21.6. The van der Waals surface area contributed by atoms with Crippen LogP contribution in [-0.4, -0.2) is 59.4 Å². The van der Waals surface area contributed by atoms with Crippen LogP contribution < -0.4 is 10.2 Å². The van der Waals surface area contributed by atoms with Gasteiger partial charge in [0.25, 0.3) is 0 Å². The molecule has 0 atom stereocenters. The minimum Gasteiger partial charge on any atom is -0.355 e. The highest BCUT2D eigenvalue weighted by atomic mass is 32.1. The molecule has 8 heteroatoms. The van der Waals surface area contributed by atoms with Gasteiger partial charge in [-0.1, -0.05) is 32.9 Å². The van der Waals surface area contributed by atoms with Gasteiger partial charge in [0.1, 0.15) is 11.6 Å². The first-order valence-corrected chi connectivity index (χ1v) is 10.9. The van der Waals surface area contributed by atoms with Crippen molar-refractivity contribution in [2.45, 2.75) is 33.6 Å². The van der Waals surface area contributed by atoms with Gasteiger partial charge in [0.15, 0.2) is 0 Å². The molecule has 1 aliphatic heterocycles. The lowest BCUT2D eigenvalue weighted by Gasteiger charge is -2.34. The lowest BCUT2D eigenvalue weighted by Crippen LogP contribution is -2.48. The fourth-order valence-electron chi connectivity index (χ4n) is 3.29. The molecule has 1 N–H and O–H groups in total. The van der Waals surface area contributed by atoms with Gasteiger partial charge in [-0.3, -0.25) is 9.69 Å². The number of anilines is 1. The lowest BCUT2D eigenvalue weighted by molar-refractivity contribution is -0.122. The standard InChI is InChI=1S/C21H30FN5OS/c1-21(2,3)15-19(28)23-8-9-26-10-12-27(13-11-26)20-24-18(25-29-20)14-16-4-6-17(22)7-5-16/h4-7H,8-15H2,1-3H3,(H,23,28). The highest BCUT2D eigenvalue weighted by molar-refractivity contribution is 7.09. The van der Waals surface area contributed by atoms with E-state index in [9.17, 15) is 9.18 Å².